The lowest BCUT2D eigenvalue weighted by atomic mass is 9.97. The average Bonchev–Trinajstić information content (AvgIpc) is 3.08. The number of alkyl halides is 1. The van der Waals surface area contributed by atoms with Crippen molar-refractivity contribution in [3.05, 3.63) is 57.6 Å². The van der Waals surface area contributed by atoms with E-state index in [1.165, 1.54) is 19.1 Å². The van der Waals surface area contributed by atoms with Crippen molar-refractivity contribution in [1.29, 1.82) is 0 Å². The molecule has 13 nitrogen and oxygen atoms in total. The van der Waals surface area contributed by atoms with E-state index < -0.39 is 68.1 Å². The van der Waals surface area contributed by atoms with Gasteiger partial charge < -0.3 is 19.1 Å². The predicted octanol–water partition coefficient (Wildman–Crippen LogP) is 1.66. The van der Waals surface area contributed by atoms with Gasteiger partial charge in [-0.25, -0.2) is 23.3 Å². The molecule has 6 atom stereocenters. The summed E-state index contributed by atoms with van der Waals surface area (Å²) >= 11 is 5.38. The van der Waals surface area contributed by atoms with Crippen molar-refractivity contribution < 1.29 is 41.9 Å². The van der Waals surface area contributed by atoms with Crippen LogP contribution < -0.4 is 15.9 Å². The quantitative estimate of drug-likeness (QED) is 0.240. The van der Waals surface area contributed by atoms with Crippen LogP contribution in [-0.4, -0.2) is 62.3 Å². The van der Waals surface area contributed by atoms with Crippen LogP contribution in [0.4, 0.5) is 4.39 Å². The van der Waals surface area contributed by atoms with Crippen molar-refractivity contribution in [2.45, 2.75) is 57.1 Å². The molecule has 0 bridgehead atoms. The maximum atomic E-state index is 15.8. The summed E-state index contributed by atoms with van der Waals surface area (Å²) in [5, 5.41) is 12.5. The number of halogens is 2. The number of aliphatic hydroxyl groups excluding tert-OH is 1. The molecule has 2 N–H and O–H groups in total. The molecule has 1 unspecified atom stereocenters. The Labute approximate surface area is 220 Å². The number of aromatic nitrogens is 3. The van der Waals surface area contributed by atoms with Gasteiger partial charge >= 0.3 is 25.2 Å². The Hall–Kier alpha value is -3.05. The number of carbonyl (C=O) groups is 1. The fourth-order valence-electron chi connectivity index (χ4n) is 3.30. The smallest absolute Gasteiger partial charge is 0.461 e. The number of hydrogen-bond acceptors (Lipinski definition) is 11. The molecule has 1 fully saturated rings. The molecule has 1 aromatic carbocycles. The highest BCUT2D eigenvalue weighted by Gasteiger charge is 2.58. The van der Waals surface area contributed by atoms with Gasteiger partial charge in [0.15, 0.2) is 12.3 Å². The molecule has 0 aliphatic carbocycles. The number of hydrogen-bond donors (Lipinski definition) is 2. The highest BCUT2D eigenvalue weighted by Crippen LogP contribution is 2.52. The van der Waals surface area contributed by atoms with Crippen molar-refractivity contribution in [2.24, 2.45) is 0 Å². The highest BCUT2D eigenvalue weighted by atomic mass is 35.5. The van der Waals surface area contributed by atoms with Crippen LogP contribution in [0.15, 0.2) is 46.2 Å². The fourth-order valence-corrected chi connectivity index (χ4v) is 4.79. The van der Waals surface area contributed by atoms with Gasteiger partial charge in [-0.05, 0) is 50.4 Å². The second-order valence-corrected chi connectivity index (χ2v) is 9.96. The van der Waals surface area contributed by atoms with Gasteiger partial charge in [-0.1, -0.05) is 18.2 Å². The van der Waals surface area contributed by atoms with Gasteiger partial charge in [0.05, 0.1) is 12.7 Å². The Bertz CT molecular complexity index is 1360. The van der Waals surface area contributed by atoms with Crippen molar-refractivity contribution in [3.63, 3.8) is 0 Å². The molecule has 1 aromatic heterocycles. The van der Waals surface area contributed by atoms with Gasteiger partial charge in [0.25, 0.3) is 0 Å². The number of nitrogens with one attached hydrogen (secondary N) is 1. The summed E-state index contributed by atoms with van der Waals surface area (Å²) in [4.78, 5) is 40.9. The number of benzene rings is 1. The second kappa shape index (κ2) is 12.2. The Morgan fingerprint density at radius 2 is 2.03 bits per heavy atom. The van der Waals surface area contributed by atoms with E-state index in [1.54, 1.807) is 37.4 Å². The number of esters is 1. The zero-order valence-electron chi connectivity index (χ0n) is 20.3. The zero-order chi connectivity index (χ0) is 28.1. The lowest BCUT2D eigenvalue weighted by Crippen LogP contribution is -2.45. The second-order valence-electron chi connectivity index (χ2n) is 8.23. The van der Waals surface area contributed by atoms with E-state index in [2.05, 4.69) is 4.98 Å². The molecule has 1 aliphatic rings. The largest absolute Gasteiger partial charge is 0.530 e. The van der Waals surface area contributed by atoms with Crippen LogP contribution in [0.25, 0.3) is 0 Å². The predicted molar refractivity (Wildman–Crippen MR) is 129 cm³/mol. The summed E-state index contributed by atoms with van der Waals surface area (Å²) in [5.41, 5.74) is -5.10. The number of phosphoric acid groups is 1. The molecule has 1 saturated heterocycles. The lowest BCUT2D eigenvalue weighted by Gasteiger charge is -2.24. The third-order valence-electron chi connectivity index (χ3n) is 5.01. The van der Waals surface area contributed by atoms with Crippen molar-refractivity contribution in [2.75, 3.05) is 6.61 Å². The summed E-state index contributed by atoms with van der Waals surface area (Å²) in [6, 6.07) is 7.68. The van der Waals surface area contributed by atoms with Crippen molar-refractivity contribution in [1.82, 2.24) is 14.5 Å². The Balaban J connectivity index is 1.86. The summed E-state index contributed by atoms with van der Waals surface area (Å²) < 4.78 is 56.4. The Kier molecular flexibility index (Phi) is 9.48. The number of para-hydroxylation sites is 1. The van der Waals surface area contributed by atoms with E-state index in [4.69, 9.17) is 34.6 Å². The van der Waals surface area contributed by atoms with Gasteiger partial charge in [-0.3, -0.25) is 18.6 Å². The molecule has 206 valence electrons. The third-order valence-corrected chi connectivity index (χ3v) is 6.58. The molecule has 3 rings (SSSR count). The first kappa shape index (κ1) is 29.5. The number of aliphatic hydroxyl groups is 1. The van der Waals surface area contributed by atoms with Gasteiger partial charge in [-0.15, -0.1) is 0 Å². The number of nitrogens with zero attached hydrogens (tertiary/aromatic N) is 2. The standard InChI is InChI=1S/C22H24ClFN3O10P/c1-13(2)34-18(29)14(3)36-38(32,37-15-7-5-4-6-8-15)33-11-16-17(28)22(24,9-10-23)19(35-16)27-12-25-20(30)26-21(27)31/h4-8,12-14,16-17,19,28H,11H2,1-3H3,(H,26,30,31)/t14-,16+,17-,19+,22?,38-/m0/s1. The van der Waals surface area contributed by atoms with E-state index >= 15 is 4.39 Å². The molecule has 1 aliphatic heterocycles. The van der Waals surface area contributed by atoms with E-state index in [0.717, 1.165) is 0 Å². The molecular weight excluding hydrogens is 552 g/mol. The molecule has 0 amide bonds. The van der Waals surface area contributed by atoms with Crippen molar-refractivity contribution in [3.8, 4) is 17.0 Å². The number of phosphoric ester groups is 1. The molecule has 2 aromatic rings. The topological polar surface area (TPSA) is 168 Å². The van der Waals surface area contributed by atoms with Crippen LogP contribution in [0.2, 0.25) is 0 Å². The van der Waals surface area contributed by atoms with Gasteiger partial charge in [0, 0.05) is 5.38 Å². The summed E-state index contributed by atoms with van der Waals surface area (Å²) in [7, 11) is -4.64. The highest BCUT2D eigenvalue weighted by molar-refractivity contribution is 7.49. The maximum Gasteiger partial charge on any atom is 0.530 e. The Morgan fingerprint density at radius 1 is 1.34 bits per heavy atom. The normalized spacial score (nSPS) is 25.2. The van der Waals surface area contributed by atoms with Gasteiger partial charge in [0.1, 0.15) is 24.3 Å². The molecule has 16 heteroatoms. The van der Waals surface area contributed by atoms with E-state index in [0.29, 0.717) is 10.9 Å². The van der Waals surface area contributed by atoms with E-state index in [9.17, 15) is 24.1 Å². The third kappa shape index (κ3) is 6.87. The van der Waals surface area contributed by atoms with Gasteiger partial charge in [-0.2, -0.15) is 4.98 Å². The molecule has 0 saturated carbocycles. The van der Waals surface area contributed by atoms with Crippen molar-refractivity contribution >= 4 is 25.4 Å². The maximum absolute atomic E-state index is 15.8. The monoisotopic (exact) mass is 575 g/mol. The molecule has 0 spiro atoms. The molecule has 2 heterocycles. The summed E-state index contributed by atoms with van der Waals surface area (Å²) in [5.74, 6) is 1.13. The number of ether oxygens (including phenoxy) is 2. The first-order valence-corrected chi connectivity index (χ1v) is 12.9. The average molecular weight is 576 g/mol. The first-order valence-electron chi connectivity index (χ1n) is 11.1. The zero-order valence-corrected chi connectivity index (χ0v) is 21.9. The minimum Gasteiger partial charge on any atom is -0.461 e. The van der Waals surface area contributed by atoms with Crippen LogP contribution >= 0.6 is 19.4 Å². The summed E-state index contributed by atoms with van der Waals surface area (Å²) in [6.07, 6.45) is -6.87. The van der Waals surface area contributed by atoms with Crippen LogP contribution in [0.5, 0.6) is 5.75 Å². The number of carbonyl (C=O) groups excluding carboxylic acids is 1. The molecular formula is C22H24ClFN3O10P. The van der Waals surface area contributed by atoms with Crippen LogP contribution in [0.1, 0.15) is 27.0 Å². The number of H-pyrrole nitrogens is 1. The SMILES string of the molecule is CC(C)OC(=O)[C@H](C)O[P@](=O)(OC[C@H]1O[C@@H](n2cnc(=O)[nH]c2=O)C(F)(C#CCl)[C@H]1O)Oc1ccccc1. The van der Waals surface area contributed by atoms with Crippen LogP contribution in [-0.2, 0) is 27.9 Å². The fraction of sp³-hybridized carbons (Fsp3) is 0.455. The first-order chi connectivity index (χ1) is 17.9. The minimum atomic E-state index is -4.64. The molecule has 0 radical (unpaired) electrons. The van der Waals surface area contributed by atoms with Gasteiger partial charge in [0.2, 0.25) is 5.67 Å². The number of aromatic amines is 1. The number of rotatable bonds is 10. The Morgan fingerprint density at radius 3 is 2.63 bits per heavy atom. The van der Waals surface area contributed by atoms with Crippen LogP contribution in [0, 0.1) is 11.3 Å². The van der Waals surface area contributed by atoms with E-state index in [1.807, 2.05) is 10.9 Å². The summed E-state index contributed by atoms with van der Waals surface area (Å²) in [6.45, 7) is 3.64. The lowest BCUT2D eigenvalue weighted by molar-refractivity contribution is -0.156. The van der Waals surface area contributed by atoms with Crippen LogP contribution in [0.3, 0.4) is 0 Å². The van der Waals surface area contributed by atoms with E-state index in [-0.39, 0.29) is 5.75 Å². The molecule has 38 heavy (non-hydrogen) atoms. The minimum absolute atomic E-state index is 0.0461.